The van der Waals surface area contributed by atoms with Gasteiger partial charge in [-0.1, -0.05) is 6.07 Å². The van der Waals surface area contributed by atoms with E-state index in [4.69, 9.17) is 10.00 Å². The van der Waals surface area contributed by atoms with Crippen LogP contribution in [0, 0.1) is 11.3 Å². The van der Waals surface area contributed by atoms with Crippen LogP contribution >= 0.6 is 0 Å². The first-order valence-corrected chi connectivity index (χ1v) is 7.89. The minimum absolute atomic E-state index is 0.155. The first-order valence-electron chi connectivity index (χ1n) is 7.89. The molecule has 0 spiro atoms. The average molecular weight is 337 g/mol. The van der Waals surface area contributed by atoms with E-state index in [-0.39, 0.29) is 11.8 Å². The Hall–Kier alpha value is -3.33. The summed E-state index contributed by atoms with van der Waals surface area (Å²) in [5, 5.41) is 14.3. The largest absolute Gasteiger partial charge is 0.481 e. The van der Waals surface area contributed by atoms with Crippen molar-refractivity contribution >= 4 is 17.5 Å². The highest BCUT2D eigenvalue weighted by atomic mass is 16.5. The summed E-state index contributed by atoms with van der Waals surface area (Å²) in [6.45, 7) is 4.03. The molecule has 128 valence electrons. The summed E-state index contributed by atoms with van der Waals surface area (Å²) >= 11 is 0. The van der Waals surface area contributed by atoms with Gasteiger partial charge in [0, 0.05) is 17.8 Å². The Kier molecular flexibility index (Phi) is 6.13. The van der Waals surface area contributed by atoms with Gasteiger partial charge in [0.15, 0.2) is 6.10 Å². The molecular weight excluding hydrogens is 318 g/mol. The minimum Gasteiger partial charge on any atom is -0.481 e. The molecule has 2 N–H and O–H groups in total. The Morgan fingerprint density at radius 2 is 1.92 bits per heavy atom. The lowest BCUT2D eigenvalue weighted by Gasteiger charge is -2.15. The van der Waals surface area contributed by atoms with Crippen molar-refractivity contribution in [2.75, 3.05) is 11.9 Å². The van der Waals surface area contributed by atoms with Gasteiger partial charge in [-0.25, -0.2) is 0 Å². The molecule has 2 rings (SSSR count). The average Bonchev–Trinajstić information content (AvgIpc) is 2.62. The third kappa shape index (κ3) is 5.08. The van der Waals surface area contributed by atoms with Gasteiger partial charge in [0.05, 0.1) is 11.6 Å². The van der Waals surface area contributed by atoms with Crippen molar-refractivity contribution in [1.29, 1.82) is 5.26 Å². The molecule has 0 radical (unpaired) electrons. The lowest BCUT2D eigenvalue weighted by atomic mass is 10.2. The summed E-state index contributed by atoms with van der Waals surface area (Å²) in [5.41, 5.74) is 1.53. The van der Waals surface area contributed by atoms with Gasteiger partial charge in [-0.3, -0.25) is 9.59 Å². The van der Waals surface area contributed by atoms with E-state index in [0.29, 0.717) is 29.1 Å². The van der Waals surface area contributed by atoms with Crippen LogP contribution in [0.25, 0.3) is 0 Å². The monoisotopic (exact) mass is 337 g/mol. The molecule has 0 aliphatic carbocycles. The van der Waals surface area contributed by atoms with Crippen LogP contribution in [0.2, 0.25) is 0 Å². The van der Waals surface area contributed by atoms with E-state index < -0.39 is 6.10 Å². The van der Waals surface area contributed by atoms with Crippen LogP contribution in [-0.4, -0.2) is 24.5 Å². The van der Waals surface area contributed by atoms with E-state index in [2.05, 4.69) is 10.6 Å². The number of nitrogens with zero attached hydrogens (tertiary/aromatic N) is 1. The predicted molar refractivity (Wildman–Crippen MR) is 94.3 cm³/mol. The second-order valence-corrected chi connectivity index (χ2v) is 5.33. The Labute approximate surface area is 146 Å². The molecular formula is C19H19N3O3. The minimum atomic E-state index is -0.735. The number of carbonyl (C=O) groups excluding carboxylic acids is 2. The number of nitriles is 1. The highest BCUT2D eigenvalue weighted by Gasteiger charge is 2.15. The van der Waals surface area contributed by atoms with E-state index in [9.17, 15) is 9.59 Å². The molecule has 0 aliphatic rings. The summed E-state index contributed by atoms with van der Waals surface area (Å²) in [5.74, 6) is 0.00147. The lowest BCUT2D eigenvalue weighted by Crippen LogP contribution is -2.30. The number of anilines is 1. The SMILES string of the molecule is CCNC(=O)c1ccc(OC(C)C(=O)Nc2cccc(C#N)c2)cc1. The van der Waals surface area contributed by atoms with Crippen LogP contribution in [0.5, 0.6) is 5.75 Å². The van der Waals surface area contributed by atoms with Gasteiger partial charge in [0.1, 0.15) is 5.75 Å². The standard InChI is InChI=1S/C19H19N3O3/c1-3-21-19(24)15-7-9-17(10-8-15)25-13(2)18(23)22-16-6-4-5-14(11-16)12-20/h4-11,13H,3H2,1-2H3,(H,21,24)(H,22,23). The number of hydrogen-bond acceptors (Lipinski definition) is 4. The van der Waals surface area contributed by atoms with Crippen molar-refractivity contribution in [2.45, 2.75) is 20.0 Å². The zero-order chi connectivity index (χ0) is 18.2. The van der Waals surface area contributed by atoms with Gasteiger partial charge >= 0.3 is 0 Å². The summed E-state index contributed by atoms with van der Waals surface area (Å²) in [6, 6.07) is 15.2. The van der Waals surface area contributed by atoms with Crippen molar-refractivity contribution < 1.29 is 14.3 Å². The Bertz CT molecular complexity index is 794. The van der Waals surface area contributed by atoms with Crippen LogP contribution in [0.15, 0.2) is 48.5 Å². The Balaban J connectivity index is 1.96. The third-order valence-electron chi connectivity index (χ3n) is 3.40. The molecule has 25 heavy (non-hydrogen) atoms. The van der Waals surface area contributed by atoms with Crippen molar-refractivity contribution in [3.8, 4) is 11.8 Å². The first-order chi connectivity index (χ1) is 12.0. The number of rotatable bonds is 6. The number of ether oxygens (including phenoxy) is 1. The Morgan fingerprint density at radius 3 is 2.56 bits per heavy atom. The first kappa shape index (κ1) is 18.0. The van der Waals surface area contributed by atoms with E-state index in [1.54, 1.807) is 55.5 Å². The smallest absolute Gasteiger partial charge is 0.265 e. The fourth-order valence-electron chi connectivity index (χ4n) is 2.12. The van der Waals surface area contributed by atoms with Crippen molar-refractivity contribution in [3.05, 3.63) is 59.7 Å². The fraction of sp³-hybridized carbons (Fsp3) is 0.211. The summed E-state index contributed by atoms with van der Waals surface area (Å²) in [7, 11) is 0. The molecule has 0 aliphatic heterocycles. The molecule has 2 aromatic carbocycles. The van der Waals surface area contributed by atoms with Gasteiger partial charge in [-0.15, -0.1) is 0 Å². The van der Waals surface area contributed by atoms with Gasteiger partial charge in [-0.2, -0.15) is 5.26 Å². The van der Waals surface area contributed by atoms with Crippen molar-refractivity contribution in [3.63, 3.8) is 0 Å². The summed E-state index contributed by atoms with van der Waals surface area (Å²) < 4.78 is 5.59. The summed E-state index contributed by atoms with van der Waals surface area (Å²) in [4.78, 5) is 23.9. The van der Waals surface area contributed by atoms with Crippen molar-refractivity contribution in [1.82, 2.24) is 5.32 Å². The van der Waals surface area contributed by atoms with Crippen LogP contribution < -0.4 is 15.4 Å². The zero-order valence-electron chi connectivity index (χ0n) is 14.1. The molecule has 0 aromatic heterocycles. The van der Waals surface area contributed by atoms with E-state index in [1.165, 1.54) is 0 Å². The van der Waals surface area contributed by atoms with Gasteiger partial charge in [0.25, 0.3) is 11.8 Å². The number of hydrogen-bond donors (Lipinski definition) is 2. The molecule has 2 aromatic rings. The third-order valence-corrected chi connectivity index (χ3v) is 3.40. The molecule has 2 amide bonds. The number of nitrogens with one attached hydrogen (secondary N) is 2. The van der Waals surface area contributed by atoms with Gasteiger partial charge in [0.2, 0.25) is 0 Å². The Morgan fingerprint density at radius 1 is 1.20 bits per heavy atom. The maximum atomic E-state index is 12.2. The fourth-order valence-corrected chi connectivity index (χ4v) is 2.12. The number of benzene rings is 2. The van der Waals surface area contributed by atoms with E-state index >= 15 is 0 Å². The maximum Gasteiger partial charge on any atom is 0.265 e. The molecule has 1 atom stereocenters. The molecule has 6 nitrogen and oxygen atoms in total. The number of amides is 2. The van der Waals surface area contributed by atoms with Crippen LogP contribution in [0.1, 0.15) is 29.8 Å². The maximum absolute atomic E-state index is 12.2. The molecule has 1 unspecified atom stereocenters. The lowest BCUT2D eigenvalue weighted by molar-refractivity contribution is -0.122. The quantitative estimate of drug-likeness (QED) is 0.848. The molecule has 0 saturated carbocycles. The molecule has 0 bridgehead atoms. The van der Waals surface area contributed by atoms with Gasteiger partial charge in [-0.05, 0) is 56.3 Å². The highest BCUT2D eigenvalue weighted by molar-refractivity contribution is 5.95. The second-order valence-electron chi connectivity index (χ2n) is 5.33. The van der Waals surface area contributed by atoms with Crippen molar-refractivity contribution in [2.24, 2.45) is 0 Å². The molecule has 0 fully saturated rings. The molecule has 0 heterocycles. The molecule has 6 heteroatoms. The van der Waals surface area contributed by atoms with Gasteiger partial charge < -0.3 is 15.4 Å². The summed E-state index contributed by atoms with van der Waals surface area (Å²) in [6.07, 6.45) is -0.735. The zero-order valence-corrected chi connectivity index (χ0v) is 14.1. The van der Waals surface area contributed by atoms with E-state index in [1.807, 2.05) is 13.0 Å². The van der Waals surface area contributed by atoms with E-state index in [0.717, 1.165) is 0 Å². The van der Waals surface area contributed by atoms with Crippen LogP contribution in [-0.2, 0) is 4.79 Å². The topological polar surface area (TPSA) is 91.2 Å². The molecule has 0 saturated heterocycles. The van der Waals surface area contributed by atoms with Crippen LogP contribution in [0.3, 0.4) is 0 Å². The second kappa shape index (κ2) is 8.50. The van der Waals surface area contributed by atoms with Crippen LogP contribution in [0.4, 0.5) is 5.69 Å². The number of carbonyl (C=O) groups is 2. The normalized spacial score (nSPS) is 11.1. The highest BCUT2D eigenvalue weighted by Crippen LogP contribution is 2.15. The predicted octanol–water partition coefficient (Wildman–Crippen LogP) is 2.71.